The zero-order chi connectivity index (χ0) is 12.7. The normalized spacial score (nSPS) is 12.9. The van der Waals surface area contributed by atoms with Crippen LogP contribution in [-0.4, -0.2) is 5.91 Å². The van der Waals surface area contributed by atoms with Crippen molar-refractivity contribution in [2.24, 2.45) is 0 Å². The largest absolute Gasteiger partial charge is 0.454 e. The van der Waals surface area contributed by atoms with Gasteiger partial charge < -0.3 is 10.1 Å². The van der Waals surface area contributed by atoms with Gasteiger partial charge in [0.2, 0.25) is 0 Å². The third-order valence-corrected chi connectivity index (χ3v) is 3.07. The Labute approximate surface area is 113 Å². The second kappa shape index (κ2) is 4.19. The van der Waals surface area contributed by atoms with Gasteiger partial charge in [-0.1, -0.05) is 23.2 Å². The molecule has 1 aliphatic heterocycles. The van der Waals surface area contributed by atoms with Gasteiger partial charge >= 0.3 is 0 Å². The molecule has 90 valence electrons. The van der Waals surface area contributed by atoms with Gasteiger partial charge in [-0.3, -0.25) is 4.79 Å². The van der Waals surface area contributed by atoms with Crippen molar-refractivity contribution in [3.8, 4) is 11.5 Å². The number of hydrogen-bond donors (Lipinski definition) is 1. The van der Waals surface area contributed by atoms with E-state index in [1.54, 1.807) is 36.4 Å². The fraction of sp³-hybridized carbons (Fsp3) is 0. The summed E-state index contributed by atoms with van der Waals surface area (Å²) in [5.74, 6) is 0.720. The summed E-state index contributed by atoms with van der Waals surface area (Å²) in [6.07, 6.45) is 0. The van der Waals surface area contributed by atoms with E-state index in [0.29, 0.717) is 32.8 Å². The second-order valence-electron chi connectivity index (χ2n) is 3.84. The molecule has 0 aromatic heterocycles. The first-order chi connectivity index (χ1) is 8.63. The Balaban J connectivity index is 2.17. The molecule has 5 heteroatoms. The third kappa shape index (κ3) is 1.92. The van der Waals surface area contributed by atoms with Crippen molar-refractivity contribution in [3.05, 3.63) is 52.0 Å². The monoisotopic (exact) mass is 279 g/mol. The Kier molecular flexibility index (Phi) is 2.65. The van der Waals surface area contributed by atoms with Crippen molar-refractivity contribution in [1.82, 2.24) is 0 Å². The SMILES string of the molecule is O=C1Nc2cc(Cl)ccc2Oc2cc(Cl)ccc21. The number of halogens is 2. The molecule has 0 bridgehead atoms. The van der Waals surface area contributed by atoms with E-state index >= 15 is 0 Å². The lowest BCUT2D eigenvalue weighted by atomic mass is 10.2. The van der Waals surface area contributed by atoms with Gasteiger partial charge in [-0.15, -0.1) is 0 Å². The van der Waals surface area contributed by atoms with Crippen LogP contribution in [-0.2, 0) is 0 Å². The van der Waals surface area contributed by atoms with Gasteiger partial charge in [-0.05, 0) is 30.3 Å². The molecule has 2 aromatic rings. The Hall–Kier alpha value is -1.71. The minimum atomic E-state index is -0.248. The Bertz CT molecular complexity index is 655. The van der Waals surface area contributed by atoms with E-state index in [-0.39, 0.29) is 5.91 Å². The molecule has 1 aliphatic rings. The van der Waals surface area contributed by atoms with Crippen molar-refractivity contribution in [2.45, 2.75) is 0 Å². The fourth-order valence-electron chi connectivity index (χ4n) is 1.77. The molecule has 1 heterocycles. The van der Waals surface area contributed by atoms with Gasteiger partial charge in [-0.25, -0.2) is 0 Å². The lowest BCUT2D eigenvalue weighted by Crippen LogP contribution is -2.10. The number of anilines is 1. The van der Waals surface area contributed by atoms with Crippen LogP contribution in [0.4, 0.5) is 5.69 Å². The molecule has 0 spiro atoms. The van der Waals surface area contributed by atoms with Crippen molar-refractivity contribution < 1.29 is 9.53 Å². The molecular formula is C13H7Cl2NO2. The topological polar surface area (TPSA) is 38.3 Å². The van der Waals surface area contributed by atoms with Crippen LogP contribution in [0.5, 0.6) is 11.5 Å². The van der Waals surface area contributed by atoms with Crippen LogP contribution in [0.3, 0.4) is 0 Å². The highest BCUT2D eigenvalue weighted by molar-refractivity contribution is 6.31. The summed E-state index contributed by atoms with van der Waals surface area (Å²) < 4.78 is 5.68. The number of benzene rings is 2. The van der Waals surface area contributed by atoms with Gasteiger partial charge in [0, 0.05) is 16.1 Å². The number of nitrogens with one attached hydrogen (secondary N) is 1. The summed E-state index contributed by atoms with van der Waals surface area (Å²) in [5, 5.41) is 3.79. The Morgan fingerprint density at radius 3 is 2.50 bits per heavy atom. The van der Waals surface area contributed by atoms with E-state index in [1.807, 2.05) is 0 Å². The summed E-state index contributed by atoms with van der Waals surface area (Å²) in [6.45, 7) is 0. The van der Waals surface area contributed by atoms with Crippen LogP contribution in [0.25, 0.3) is 0 Å². The van der Waals surface area contributed by atoms with Gasteiger partial charge in [-0.2, -0.15) is 0 Å². The van der Waals surface area contributed by atoms with E-state index in [9.17, 15) is 4.79 Å². The van der Waals surface area contributed by atoms with Gasteiger partial charge in [0.05, 0.1) is 11.3 Å². The van der Waals surface area contributed by atoms with Gasteiger partial charge in [0.15, 0.2) is 5.75 Å². The highest BCUT2D eigenvalue weighted by Gasteiger charge is 2.20. The second-order valence-corrected chi connectivity index (χ2v) is 4.71. The highest BCUT2D eigenvalue weighted by atomic mass is 35.5. The number of ether oxygens (including phenoxy) is 1. The molecule has 1 N–H and O–H groups in total. The number of hydrogen-bond acceptors (Lipinski definition) is 2. The summed E-state index contributed by atoms with van der Waals surface area (Å²) in [7, 11) is 0. The third-order valence-electron chi connectivity index (χ3n) is 2.60. The fourth-order valence-corrected chi connectivity index (χ4v) is 2.10. The summed E-state index contributed by atoms with van der Waals surface area (Å²) in [6, 6.07) is 9.92. The van der Waals surface area contributed by atoms with E-state index < -0.39 is 0 Å². The maximum absolute atomic E-state index is 12.0. The van der Waals surface area contributed by atoms with Crippen LogP contribution in [0, 0.1) is 0 Å². The first-order valence-electron chi connectivity index (χ1n) is 5.22. The summed E-state index contributed by atoms with van der Waals surface area (Å²) >= 11 is 11.8. The van der Waals surface area contributed by atoms with E-state index in [4.69, 9.17) is 27.9 Å². The van der Waals surface area contributed by atoms with Gasteiger partial charge in [0.1, 0.15) is 5.75 Å². The van der Waals surface area contributed by atoms with Crippen LogP contribution in [0.1, 0.15) is 10.4 Å². The average Bonchev–Trinajstić information content (AvgIpc) is 2.44. The minimum Gasteiger partial charge on any atom is -0.454 e. The number of fused-ring (bicyclic) bond motifs is 2. The molecule has 0 fully saturated rings. The molecular weight excluding hydrogens is 273 g/mol. The minimum absolute atomic E-state index is 0.248. The zero-order valence-corrected chi connectivity index (χ0v) is 10.5. The number of carbonyl (C=O) groups excluding carboxylic acids is 1. The van der Waals surface area contributed by atoms with Crippen molar-refractivity contribution in [1.29, 1.82) is 0 Å². The number of amides is 1. The summed E-state index contributed by atoms with van der Waals surface area (Å²) in [5.41, 5.74) is 0.978. The molecule has 0 radical (unpaired) electrons. The Morgan fingerprint density at radius 2 is 1.67 bits per heavy atom. The lowest BCUT2D eigenvalue weighted by molar-refractivity contribution is 0.102. The van der Waals surface area contributed by atoms with E-state index in [1.165, 1.54) is 0 Å². The molecule has 0 aliphatic carbocycles. The molecule has 1 amide bonds. The van der Waals surface area contributed by atoms with Crippen molar-refractivity contribution in [2.75, 3.05) is 5.32 Å². The highest BCUT2D eigenvalue weighted by Crippen LogP contribution is 2.37. The van der Waals surface area contributed by atoms with Crippen LogP contribution < -0.4 is 10.1 Å². The molecule has 2 aromatic carbocycles. The average molecular weight is 280 g/mol. The van der Waals surface area contributed by atoms with Crippen LogP contribution >= 0.6 is 23.2 Å². The smallest absolute Gasteiger partial charge is 0.259 e. The van der Waals surface area contributed by atoms with E-state index in [2.05, 4.69) is 5.32 Å². The van der Waals surface area contributed by atoms with Crippen LogP contribution in [0.2, 0.25) is 10.0 Å². The first kappa shape index (κ1) is 11.4. The predicted molar refractivity (Wildman–Crippen MR) is 70.9 cm³/mol. The molecule has 0 saturated carbocycles. The molecule has 3 rings (SSSR count). The van der Waals surface area contributed by atoms with Crippen molar-refractivity contribution in [3.63, 3.8) is 0 Å². The predicted octanol–water partition coefficient (Wildman–Crippen LogP) is 4.35. The van der Waals surface area contributed by atoms with E-state index in [0.717, 1.165) is 0 Å². The van der Waals surface area contributed by atoms with Gasteiger partial charge in [0.25, 0.3) is 5.91 Å². The molecule has 0 saturated heterocycles. The standard InChI is InChI=1S/C13H7Cl2NO2/c14-7-2-4-11-10(5-7)16-13(17)9-3-1-8(15)6-12(9)18-11/h1-6H,(H,16,17). The first-order valence-corrected chi connectivity index (χ1v) is 5.97. The lowest BCUT2D eigenvalue weighted by Gasteiger charge is -2.07. The number of carbonyl (C=O) groups is 1. The Morgan fingerprint density at radius 1 is 0.944 bits per heavy atom. The molecule has 18 heavy (non-hydrogen) atoms. The number of rotatable bonds is 0. The quantitative estimate of drug-likeness (QED) is 0.779. The maximum Gasteiger partial charge on any atom is 0.259 e. The summed E-state index contributed by atoms with van der Waals surface area (Å²) in [4.78, 5) is 12.0. The zero-order valence-electron chi connectivity index (χ0n) is 9.04. The molecule has 0 unspecified atom stereocenters. The molecule has 3 nitrogen and oxygen atoms in total. The van der Waals surface area contributed by atoms with Crippen LogP contribution in [0.15, 0.2) is 36.4 Å². The maximum atomic E-state index is 12.0. The van der Waals surface area contributed by atoms with Crippen molar-refractivity contribution >= 4 is 34.8 Å². The molecule has 0 atom stereocenters.